The van der Waals surface area contributed by atoms with E-state index in [0.717, 1.165) is 6.42 Å². The molecule has 0 bridgehead atoms. The van der Waals surface area contributed by atoms with Gasteiger partial charge in [-0.05, 0) is 44.0 Å². The van der Waals surface area contributed by atoms with E-state index in [-0.39, 0.29) is 18.3 Å². The molecule has 5 heteroatoms. The van der Waals surface area contributed by atoms with Crippen molar-refractivity contribution in [2.24, 2.45) is 7.05 Å². The summed E-state index contributed by atoms with van der Waals surface area (Å²) >= 11 is 0. The number of nitrogens with zero attached hydrogens (tertiary/aromatic N) is 1. The lowest BCUT2D eigenvalue weighted by molar-refractivity contribution is -0.123. The quantitative estimate of drug-likeness (QED) is 0.891. The van der Waals surface area contributed by atoms with Crippen LogP contribution in [-0.2, 0) is 18.3 Å². The van der Waals surface area contributed by atoms with Crippen molar-refractivity contribution in [3.63, 3.8) is 0 Å². The van der Waals surface area contributed by atoms with Gasteiger partial charge in [0.2, 0.25) is 0 Å². The van der Waals surface area contributed by atoms with Crippen LogP contribution in [0.3, 0.4) is 0 Å². The molecule has 0 fully saturated rings. The highest BCUT2D eigenvalue weighted by molar-refractivity contribution is 5.77. The fourth-order valence-electron chi connectivity index (χ4n) is 2.28. The Morgan fingerprint density at radius 3 is 2.73 bits per heavy atom. The summed E-state index contributed by atoms with van der Waals surface area (Å²) in [7, 11) is 2.03. The van der Waals surface area contributed by atoms with Gasteiger partial charge in [-0.15, -0.1) is 0 Å². The molecule has 1 heterocycles. The van der Waals surface area contributed by atoms with Crippen LogP contribution in [0, 0.1) is 19.7 Å². The number of rotatable bonds is 6. The number of ether oxygens (including phenoxy) is 1. The molecule has 1 N–H and O–H groups in total. The van der Waals surface area contributed by atoms with Crippen LogP contribution in [0.25, 0.3) is 0 Å². The molecule has 1 aromatic heterocycles. The van der Waals surface area contributed by atoms with Crippen molar-refractivity contribution < 1.29 is 13.9 Å². The van der Waals surface area contributed by atoms with Gasteiger partial charge in [-0.1, -0.05) is 6.07 Å². The van der Waals surface area contributed by atoms with Crippen molar-refractivity contribution in [3.8, 4) is 5.75 Å². The summed E-state index contributed by atoms with van der Waals surface area (Å²) in [5.41, 5.74) is 3.64. The number of amides is 1. The fourth-order valence-corrected chi connectivity index (χ4v) is 2.28. The number of hydrogen-bond donors (Lipinski definition) is 1. The Kier molecular flexibility index (Phi) is 5.20. The van der Waals surface area contributed by atoms with Gasteiger partial charge in [0.15, 0.2) is 6.61 Å². The second-order valence-electron chi connectivity index (χ2n) is 5.30. The van der Waals surface area contributed by atoms with Gasteiger partial charge in [0.25, 0.3) is 5.91 Å². The predicted octanol–water partition coefficient (Wildman–Crippen LogP) is 2.52. The second kappa shape index (κ2) is 7.11. The van der Waals surface area contributed by atoms with Crippen molar-refractivity contribution in [1.82, 2.24) is 9.88 Å². The van der Waals surface area contributed by atoms with Gasteiger partial charge in [-0.2, -0.15) is 0 Å². The smallest absolute Gasteiger partial charge is 0.257 e. The normalized spacial score (nSPS) is 10.5. The summed E-state index contributed by atoms with van der Waals surface area (Å²) in [6.45, 7) is 4.56. The van der Waals surface area contributed by atoms with Crippen molar-refractivity contribution >= 4 is 5.91 Å². The molecule has 0 saturated carbocycles. The van der Waals surface area contributed by atoms with E-state index in [1.54, 1.807) is 12.1 Å². The van der Waals surface area contributed by atoms with Crippen molar-refractivity contribution in [1.29, 1.82) is 0 Å². The standard InChI is InChI=1S/C17H21FN2O2/c1-12-9-14(13(2)20(12)3)7-8-19-17(21)11-22-16-6-4-5-15(18)10-16/h4-6,9-10H,7-8,11H2,1-3H3,(H,19,21). The zero-order valence-corrected chi connectivity index (χ0v) is 13.1. The molecule has 2 aromatic rings. The van der Waals surface area contributed by atoms with Crippen LogP contribution in [0.15, 0.2) is 30.3 Å². The first-order valence-electron chi connectivity index (χ1n) is 7.24. The minimum atomic E-state index is -0.382. The summed E-state index contributed by atoms with van der Waals surface area (Å²) in [5, 5.41) is 2.81. The first-order valence-corrected chi connectivity index (χ1v) is 7.24. The van der Waals surface area contributed by atoms with E-state index in [2.05, 4.69) is 29.8 Å². The zero-order valence-electron chi connectivity index (χ0n) is 13.1. The van der Waals surface area contributed by atoms with Gasteiger partial charge in [0.05, 0.1) is 0 Å². The molecule has 22 heavy (non-hydrogen) atoms. The Balaban J connectivity index is 1.75. The lowest BCUT2D eigenvalue weighted by Gasteiger charge is -2.08. The molecule has 1 amide bonds. The molecule has 0 atom stereocenters. The highest BCUT2D eigenvalue weighted by Crippen LogP contribution is 2.13. The third-order valence-electron chi connectivity index (χ3n) is 3.76. The van der Waals surface area contributed by atoms with Crippen LogP contribution >= 0.6 is 0 Å². The van der Waals surface area contributed by atoms with E-state index in [0.29, 0.717) is 12.3 Å². The Bertz CT molecular complexity index is 665. The Morgan fingerprint density at radius 1 is 1.32 bits per heavy atom. The van der Waals surface area contributed by atoms with Crippen LogP contribution in [0.1, 0.15) is 17.0 Å². The molecule has 0 unspecified atom stereocenters. The predicted molar refractivity (Wildman–Crippen MR) is 83.5 cm³/mol. The van der Waals surface area contributed by atoms with Crippen LogP contribution < -0.4 is 10.1 Å². The molecular formula is C17H21FN2O2. The van der Waals surface area contributed by atoms with E-state index >= 15 is 0 Å². The monoisotopic (exact) mass is 304 g/mol. The highest BCUT2D eigenvalue weighted by Gasteiger charge is 2.07. The summed E-state index contributed by atoms with van der Waals surface area (Å²) in [6, 6.07) is 7.88. The maximum atomic E-state index is 13.0. The molecule has 0 spiro atoms. The third-order valence-corrected chi connectivity index (χ3v) is 3.76. The lowest BCUT2D eigenvalue weighted by Crippen LogP contribution is -2.30. The van der Waals surface area contributed by atoms with Crippen LogP contribution in [0.4, 0.5) is 4.39 Å². The first-order chi connectivity index (χ1) is 10.5. The van der Waals surface area contributed by atoms with Crippen LogP contribution in [0.2, 0.25) is 0 Å². The van der Waals surface area contributed by atoms with Gasteiger partial charge < -0.3 is 14.6 Å². The van der Waals surface area contributed by atoms with Crippen LogP contribution in [-0.4, -0.2) is 23.6 Å². The maximum Gasteiger partial charge on any atom is 0.257 e. The van der Waals surface area contributed by atoms with E-state index in [1.165, 1.54) is 29.1 Å². The minimum Gasteiger partial charge on any atom is -0.484 e. The third kappa shape index (κ3) is 4.10. The number of aromatic nitrogens is 1. The number of carbonyl (C=O) groups excluding carboxylic acids is 1. The van der Waals surface area contributed by atoms with E-state index in [1.807, 2.05) is 7.05 Å². The van der Waals surface area contributed by atoms with E-state index < -0.39 is 0 Å². The number of halogens is 1. The van der Waals surface area contributed by atoms with Gasteiger partial charge in [0.1, 0.15) is 11.6 Å². The average molecular weight is 304 g/mol. The Morgan fingerprint density at radius 2 is 2.09 bits per heavy atom. The van der Waals surface area contributed by atoms with E-state index in [4.69, 9.17) is 4.74 Å². The molecule has 0 aliphatic heterocycles. The van der Waals surface area contributed by atoms with E-state index in [9.17, 15) is 9.18 Å². The lowest BCUT2D eigenvalue weighted by atomic mass is 10.2. The minimum absolute atomic E-state index is 0.115. The summed E-state index contributed by atoms with van der Waals surface area (Å²) < 4.78 is 20.3. The molecule has 2 rings (SSSR count). The van der Waals surface area contributed by atoms with Gasteiger partial charge in [0, 0.05) is 31.0 Å². The molecule has 1 aromatic carbocycles. The summed E-state index contributed by atoms with van der Waals surface area (Å²) in [6.07, 6.45) is 0.777. The Labute approximate surface area is 129 Å². The Hall–Kier alpha value is -2.30. The number of hydrogen-bond acceptors (Lipinski definition) is 2. The van der Waals surface area contributed by atoms with Gasteiger partial charge in [-0.25, -0.2) is 4.39 Å². The molecule has 0 radical (unpaired) electrons. The average Bonchev–Trinajstić information content (AvgIpc) is 2.73. The zero-order chi connectivity index (χ0) is 16.1. The van der Waals surface area contributed by atoms with Crippen molar-refractivity contribution in [3.05, 3.63) is 53.1 Å². The largest absolute Gasteiger partial charge is 0.484 e. The fraction of sp³-hybridized carbons (Fsp3) is 0.353. The molecule has 0 aliphatic rings. The SMILES string of the molecule is Cc1cc(CCNC(=O)COc2cccc(F)c2)c(C)n1C. The number of aryl methyl sites for hydroxylation is 1. The van der Waals surface area contributed by atoms with Gasteiger partial charge >= 0.3 is 0 Å². The number of nitrogens with one attached hydrogen (secondary N) is 1. The molecule has 0 saturated heterocycles. The van der Waals surface area contributed by atoms with Crippen molar-refractivity contribution in [2.45, 2.75) is 20.3 Å². The van der Waals surface area contributed by atoms with Gasteiger partial charge in [-0.3, -0.25) is 4.79 Å². The highest BCUT2D eigenvalue weighted by atomic mass is 19.1. The summed E-state index contributed by atoms with van der Waals surface area (Å²) in [5.74, 6) is -0.243. The second-order valence-corrected chi connectivity index (χ2v) is 5.30. The first kappa shape index (κ1) is 16.1. The topological polar surface area (TPSA) is 43.3 Å². The molecule has 118 valence electrons. The molecular weight excluding hydrogens is 283 g/mol. The number of benzene rings is 1. The maximum absolute atomic E-state index is 13.0. The molecule has 4 nitrogen and oxygen atoms in total. The number of carbonyl (C=O) groups is 1. The van der Waals surface area contributed by atoms with Crippen LogP contribution in [0.5, 0.6) is 5.75 Å². The molecule has 0 aliphatic carbocycles. The van der Waals surface area contributed by atoms with Crippen molar-refractivity contribution in [2.75, 3.05) is 13.2 Å². The summed E-state index contributed by atoms with van der Waals surface area (Å²) in [4.78, 5) is 11.7.